The lowest BCUT2D eigenvalue weighted by atomic mass is 10.1. The van der Waals surface area contributed by atoms with Crippen molar-refractivity contribution in [3.8, 4) is 0 Å². The number of aliphatic hydroxyl groups is 1. The summed E-state index contributed by atoms with van der Waals surface area (Å²) < 4.78 is 18.4. The molecule has 0 amide bonds. The van der Waals surface area contributed by atoms with Gasteiger partial charge < -0.3 is 9.84 Å². The molecule has 0 aromatic heterocycles. The molecule has 1 N–H and O–H groups in total. The first kappa shape index (κ1) is 18.2. The maximum Gasteiger partial charge on any atom is 0.343 e. The molecule has 1 saturated carbocycles. The van der Waals surface area contributed by atoms with E-state index in [1.54, 1.807) is 0 Å². The van der Waals surface area contributed by atoms with Crippen LogP contribution in [0.25, 0.3) is 5.76 Å². The summed E-state index contributed by atoms with van der Waals surface area (Å²) in [5.41, 5.74) is -1.78. The van der Waals surface area contributed by atoms with Crippen LogP contribution in [0.2, 0.25) is 10.0 Å². The number of halogens is 3. The van der Waals surface area contributed by atoms with Gasteiger partial charge in [-0.05, 0) is 18.9 Å². The molecule has 0 radical (unpaired) electrons. The van der Waals surface area contributed by atoms with Gasteiger partial charge in [0.05, 0.1) is 18.1 Å². The van der Waals surface area contributed by atoms with E-state index >= 15 is 0 Å². The molecule has 1 aromatic rings. The molecule has 1 aliphatic rings. The van der Waals surface area contributed by atoms with Crippen LogP contribution in [-0.4, -0.2) is 35.4 Å². The van der Waals surface area contributed by atoms with E-state index < -0.39 is 49.3 Å². The predicted molar refractivity (Wildman–Crippen MR) is 86.2 cm³/mol. The number of nitrogens with zero attached hydrogens (tertiary/aromatic N) is 2. The van der Waals surface area contributed by atoms with Crippen LogP contribution < -0.4 is 0 Å². The maximum atomic E-state index is 13.8. The molecule has 7 nitrogen and oxygen atoms in total. The first-order valence-electron chi connectivity index (χ1n) is 6.64. The van der Waals surface area contributed by atoms with Gasteiger partial charge in [-0.1, -0.05) is 23.2 Å². The van der Waals surface area contributed by atoms with E-state index in [4.69, 9.17) is 23.2 Å². The van der Waals surface area contributed by atoms with E-state index in [-0.39, 0.29) is 6.04 Å². The fourth-order valence-corrected chi connectivity index (χ4v) is 2.37. The zero-order chi connectivity index (χ0) is 18.0. The number of carbonyl (C=O) groups is 1. The van der Waals surface area contributed by atoms with Crippen LogP contribution in [-0.2, 0) is 9.53 Å². The average Bonchev–Trinajstić information content (AvgIpc) is 3.34. The van der Waals surface area contributed by atoms with Gasteiger partial charge in [0.2, 0.25) is 0 Å². The van der Waals surface area contributed by atoms with Crippen molar-refractivity contribution in [3.63, 3.8) is 0 Å². The molecule has 0 saturated heterocycles. The average molecular weight is 377 g/mol. The summed E-state index contributed by atoms with van der Waals surface area (Å²) in [7, 11) is 1.08. The number of aliphatic hydroxyl groups excluding tert-OH is 1. The number of benzene rings is 1. The minimum absolute atomic E-state index is 0.0317. The zero-order valence-corrected chi connectivity index (χ0v) is 13.8. The molecule has 0 bridgehead atoms. The molecule has 24 heavy (non-hydrogen) atoms. The Morgan fingerprint density at radius 2 is 2.12 bits per heavy atom. The second kappa shape index (κ2) is 7.14. The normalized spacial score (nSPS) is 15.3. The van der Waals surface area contributed by atoms with Gasteiger partial charge in [-0.2, -0.15) is 0 Å². The minimum atomic E-state index is -1.17. The van der Waals surface area contributed by atoms with Gasteiger partial charge >= 0.3 is 11.7 Å². The summed E-state index contributed by atoms with van der Waals surface area (Å²) in [5, 5.41) is 19.9. The van der Waals surface area contributed by atoms with Crippen LogP contribution in [0.3, 0.4) is 0 Å². The van der Waals surface area contributed by atoms with Crippen LogP contribution in [0.5, 0.6) is 0 Å². The number of hydrogen-bond acceptors (Lipinski definition) is 6. The lowest BCUT2D eigenvalue weighted by Crippen LogP contribution is -2.10. The lowest BCUT2D eigenvalue weighted by Gasteiger charge is -2.09. The van der Waals surface area contributed by atoms with Crippen molar-refractivity contribution in [1.82, 2.24) is 0 Å². The molecule has 1 aliphatic carbocycles. The highest BCUT2D eigenvalue weighted by Crippen LogP contribution is 2.40. The Bertz CT molecular complexity index is 775. The number of methoxy groups -OCH3 is 1. The topological polar surface area (TPSA) is 102 Å². The molecular weight excluding hydrogens is 366 g/mol. The third kappa shape index (κ3) is 3.65. The van der Waals surface area contributed by atoms with E-state index in [0.717, 1.165) is 26.2 Å². The number of ether oxygens (including phenoxy) is 1. The van der Waals surface area contributed by atoms with Crippen molar-refractivity contribution in [3.05, 3.63) is 43.2 Å². The van der Waals surface area contributed by atoms with Gasteiger partial charge in [0.15, 0.2) is 5.02 Å². The Kier molecular flexibility index (Phi) is 5.40. The summed E-state index contributed by atoms with van der Waals surface area (Å²) in [4.78, 5) is 25.9. The number of nitro groups is 1. The Morgan fingerprint density at radius 1 is 1.50 bits per heavy atom. The highest BCUT2D eigenvalue weighted by molar-refractivity contribution is 6.39. The number of aliphatic imine (C=N–C) groups is 1. The fourth-order valence-electron chi connectivity index (χ4n) is 1.79. The van der Waals surface area contributed by atoms with Gasteiger partial charge in [0, 0.05) is 11.8 Å². The van der Waals surface area contributed by atoms with Crippen LogP contribution in [0.4, 0.5) is 10.1 Å². The second-order valence-corrected chi connectivity index (χ2v) is 5.66. The van der Waals surface area contributed by atoms with Crippen molar-refractivity contribution in [2.75, 3.05) is 7.11 Å². The minimum Gasteiger partial charge on any atom is -0.506 e. The lowest BCUT2D eigenvalue weighted by molar-refractivity contribution is -0.384. The van der Waals surface area contributed by atoms with Gasteiger partial charge in [-0.25, -0.2) is 9.18 Å². The van der Waals surface area contributed by atoms with Gasteiger partial charge in [-0.3, -0.25) is 15.1 Å². The molecule has 0 unspecified atom stereocenters. The Hall–Kier alpha value is -2.19. The summed E-state index contributed by atoms with van der Waals surface area (Å²) >= 11 is 11.4. The SMILES string of the molecule is COC(=O)/C(C=NC1CC1)=C(/O)c1cc(F)c(Cl)c([N+](=O)[O-])c1Cl. The molecule has 0 atom stereocenters. The van der Waals surface area contributed by atoms with Crippen LogP contribution in [0.1, 0.15) is 18.4 Å². The summed E-state index contributed by atoms with van der Waals surface area (Å²) in [6, 6.07) is 0.727. The summed E-state index contributed by atoms with van der Waals surface area (Å²) in [5.74, 6) is -2.92. The highest BCUT2D eigenvalue weighted by Gasteiger charge is 2.29. The van der Waals surface area contributed by atoms with Crippen LogP contribution in [0, 0.1) is 15.9 Å². The van der Waals surface area contributed by atoms with Crippen LogP contribution in [0.15, 0.2) is 16.6 Å². The smallest absolute Gasteiger partial charge is 0.343 e. The van der Waals surface area contributed by atoms with Crippen molar-refractivity contribution in [1.29, 1.82) is 0 Å². The van der Waals surface area contributed by atoms with E-state index in [0.29, 0.717) is 6.07 Å². The number of carbonyl (C=O) groups excluding carboxylic acids is 1. The van der Waals surface area contributed by atoms with E-state index in [1.807, 2.05) is 0 Å². The van der Waals surface area contributed by atoms with Crippen molar-refractivity contribution in [2.45, 2.75) is 18.9 Å². The predicted octanol–water partition coefficient (Wildman–Crippen LogP) is 3.72. The monoisotopic (exact) mass is 376 g/mol. The largest absolute Gasteiger partial charge is 0.506 e. The van der Waals surface area contributed by atoms with Crippen molar-refractivity contribution in [2.24, 2.45) is 4.99 Å². The fraction of sp³-hybridized carbons (Fsp3) is 0.286. The molecule has 1 fully saturated rings. The molecular formula is C14H11Cl2FN2O5. The Balaban J connectivity index is 2.65. The Morgan fingerprint density at radius 3 is 2.62 bits per heavy atom. The number of nitro benzene ring substituents is 1. The van der Waals surface area contributed by atoms with Crippen molar-refractivity contribution < 1.29 is 24.0 Å². The molecule has 1 aromatic carbocycles. The van der Waals surface area contributed by atoms with Crippen molar-refractivity contribution >= 4 is 46.8 Å². The number of hydrogen-bond donors (Lipinski definition) is 1. The first-order valence-corrected chi connectivity index (χ1v) is 7.40. The third-order valence-electron chi connectivity index (χ3n) is 3.19. The highest BCUT2D eigenvalue weighted by atomic mass is 35.5. The quantitative estimate of drug-likeness (QED) is 0.160. The van der Waals surface area contributed by atoms with Crippen LogP contribution >= 0.6 is 23.2 Å². The van der Waals surface area contributed by atoms with Gasteiger partial charge in [0.1, 0.15) is 22.2 Å². The maximum absolute atomic E-state index is 13.8. The number of esters is 1. The molecule has 0 heterocycles. The number of rotatable bonds is 5. The van der Waals surface area contributed by atoms with Gasteiger partial charge in [0.25, 0.3) is 0 Å². The third-order valence-corrected chi connectivity index (χ3v) is 3.93. The molecule has 128 valence electrons. The second-order valence-electron chi connectivity index (χ2n) is 4.90. The zero-order valence-electron chi connectivity index (χ0n) is 12.3. The molecule has 10 heteroatoms. The van der Waals surface area contributed by atoms with E-state index in [1.165, 1.54) is 0 Å². The van der Waals surface area contributed by atoms with E-state index in [9.17, 15) is 24.4 Å². The first-order chi connectivity index (χ1) is 11.3. The standard InChI is InChI=1S/C14H11Cl2FN2O5/c1-24-14(21)8(5-18-6-2-3-6)13(20)7-4-9(17)11(16)12(10(7)15)19(22)23/h4-6,20H,2-3H2,1H3/b13-8+,18-5?. The van der Waals surface area contributed by atoms with E-state index in [2.05, 4.69) is 9.73 Å². The molecule has 2 rings (SSSR count). The summed E-state index contributed by atoms with van der Waals surface area (Å²) in [6.45, 7) is 0. The Labute approximate surface area is 145 Å². The molecule has 0 aliphatic heterocycles. The van der Waals surface area contributed by atoms with Gasteiger partial charge in [-0.15, -0.1) is 0 Å². The molecule has 0 spiro atoms. The summed E-state index contributed by atoms with van der Waals surface area (Å²) in [6.07, 6.45) is 2.76.